The molecule has 1 rings (SSSR count). The number of benzene rings is 1. The molecule has 0 aromatic heterocycles. The molecule has 1 atom stereocenters. The first-order valence-corrected chi connectivity index (χ1v) is 6.36. The summed E-state index contributed by atoms with van der Waals surface area (Å²) in [4.78, 5) is 22.2. The van der Waals surface area contributed by atoms with Gasteiger partial charge >= 0.3 is 0 Å². The van der Waals surface area contributed by atoms with Crippen molar-refractivity contribution < 1.29 is 9.72 Å². The SMILES string of the molecule is CC(Br)C(C)(C)NC(=O)c1cccc([N+](=O)[O-])c1. The van der Waals surface area contributed by atoms with Gasteiger partial charge in [-0.25, -0.2) is 0 Å². The first-order chi connectivity index (χ1) is 8.24. The summed E-state index contributed by atoms with van der Waals surface area (Å²) >= 11 is 3.41. The second-order valence-electron chi connectivity index (χ2n) is 4.60. The summed E-state index contributed by atoms with van der Waals surface area (Å²) < 4.78 is 0. The second-order valence-corrected chi connectivity index (χ2v) is 5.97. The number of alkyl halides is 1. The number of rotatable bonds is 4. The average molecular weight is 315 g/mol. The topological polar surface area (TPSA) is 72.2 Å². The molecule has 1 amide bonds. The summed E-state index contributed by atoms with van der Waals surface area (Å²) in [5, 5.41) is 13.5. The van der Waals surface area contributed by atoms with Gasteiger partial charge in [0.05, 0.1) is 4.92 Å². The summed E-state index contributed by atoms with van der Waals surface area (Å²) in [6.45, 7) is 5.68. The fourth-order valence-corrected chi connectivity index (χ4v) is 1.34. The molecule has 1 unspecified atom stereocenters. The molecule has 0 heterocycles. The molecule has 0 spiro atoms. The standard InChI is InChI=1S/C12H15BrN2O3/c1-8(13)12(2,3)14-11(16)9-5-4-6-10(7-9)15(17)18/h4-8H,1-3H3,(H,14,16). The van der Waals surface area contributed by atoms with Gasteiger partial charge in [0.25, 0.3) is 11.6 Å². The summed E-state index contributed by atoms with van der Waals surface area (Å²) in [6.07, 6.45) is 0. The molecule has 18 heavy (non-hydrogen) atoms. The molecule has 0 bridgehead atoms. The quantitative estimate of drug-likeness (QED) is 0.527. The van der Waals surface area contributed by atoms with Crippen LogP contribution in [0.5, 0.6) is 0 Å². The number of non-ortho nitro benzene ring substituents is 1. The van der Waals surface area contributed by atoms with Crippen molar-refractivity contribution in [3.8, 4) is 0 Å². The van der Waals surface area contributed by atoms with Crippen LogP contribution in [-0.4, -0.2) is 21.2 Å². The highest BCUT2D eigenvalue weighted by atomic mass is 79.9. The molecule has 0 aliphatic heterocycles. The predicted molar refractivity (Wildman–Crippen MR) is 73.0 cm³/mol. The third-order valence-corrected chi connectivity index (χ3v) is 3.89. The van der Waals surface area contributed by atoms with Crippen molar-refractivity contribution in [3.63, 3.8) is 0 Å². The van der Waals surface area contributed by atoms with Gasteiger partial charge in [-0.2, -0.15) is 0 Å². The molecule has 1 aromatic rings. The van der Waals surface area contributed by atoms with Crippen molar-refractivity contribution >= 4 is 27.5 Å². The lowest BCUT2D eigenvalue weighted by Gasteiger charge is -2.29. The van der Waals surface area contributed by atoms with Crippen LogP contribution in [0.2, 0.25) is 0 Å². The number of nitro benzene ring substituents is 1. The summed E-state index contributed by atoms with van der Waals surface area (Å²) in [7, 11) is 0. The Bertz CT molecular complexity index is 472. The number of carbonyl (C=O) groups excluding carboxylic acids is 1. The Labute approximate surface area is 114 Å². The molecular formula is C12H15BrN2O3. The Morgan fingerprint density at radius 3 is 2.61 bits per heavy atom. The highest BCUT2D eigenvalue weighted by Gasteiger charge is 2.26. The van der Waals surface area contributed by atoms with E-state index in [2.05, 4.69) is 21.2 Å². The van der Waals surface area contributed by atoms with E-state index in [1.165, 1.54) is 18.2 Å². The molecule has 0 saturated carbocycles. The van der Waals surface area contributed by atoms with E-state index in [4.69, 9.17) is 0 Å². The monoisotopic (exact) mass is 314 g/mol. The van der Waals surface area contributed by atoms with E-state index >= 15 is 0 Å². The minimum absolute atomic E-state index is 0.0765. The lowest BCUT2D eigenvalue weighted by Crippen LogP contribution is -2.48. The van der Waals surface area contributed by atoms with Crippen LogP contribution in [0.4, 0.5) is 5.69 Å². The van der Waals surface area contributed by atoms with Gasteiger partial charge < -0.3 is 5.32 Å². The van der Waals surface area contributed by atoms with Crippen LogP contribution in [0.3, 0.4) is 0 Å². The first-order valence-electron chi connectivity index (χ1n) is 5.45. The molecule has 1 N–H and O–H groups in total. The number of nitrogens with one attached hydrogen (secondary N) is 1. The van der Waals surface area contributed by atoms with Crippen molar-refractivity contribution in [2.75, 3.05) is 0 Å². The zero-order valence-corrected chi connectivity index (χ0v) is 12.0. The van der Waals surface area contributed by atoms with Crippen molar-refractivity contribution in [1.29, 1.82) is 0 Å². The minimum Gasteiger partial charge on any atom is -0.346 e. The number of halogens is 1. The molecule has 6 heteroatoms. The van der Waals surface area contributed by atoms with Gasteiger partial charge in [-0.05, 0) is 19.9 Å². The molecule has 0 radical (unpaired) electrons. The maximum absolute atomic E-state index is 12.0. The zero-order chi connectivity index (χ0) is 13.9. The Morgan fingerprint density at radius 1 is 1.50 bits per heavy atom. The number of hydrogen-bond acceptors (Lipinski definition) is 3. The molecule has 0 aliphatic rings. The maximum atomic E-state index is 12.0. The van der Waals surface area contributed by atoms with Crippen LogP contribution < -0.4 is 5.32 Å². The average Bonchev–Trinajstić information content (AvgIpc) is 2.28. The molecule has 0 saturated heterocycles. The number of nitro groups is 1. The van der Waals surface area contributed by atoms with Crippen LogP contribution in [0, 0.1) is 10.1 Å². The normalized spacial score (nSPS) is 12.9. The summed E-state index contributed by atoms with van der Waals surface area (Å²) in [5.41, 5.74) is -0.250. The molecule has 98 valence electrons. The fraction of sp³-hybridized carbons (Fsp3) is 0.417. The molecule has 0 aliphatic carbocycles. The van der Waals surface area contributed by atoms with Crippen LogP contribution in [0.25, 0.3) is 0 Å². The lowest BCUT2D eigenvalue weighted by molar-refractivity contribution is -0.384. The maximum Gasteiger partial charge on any atom is 0.270 e. The van der Waals surface area contributed by atoms with E-state index in [-0.39, 0.29) is 22.0 Å². The number of hydrogen-bond donors (Lipinski definition) is 1. The zero-order valence-electron chi connectivity index (χ0n) is 10.4. The van der Waals surface area contributed by atoms with Crippen LogP contribution in [0.1, 0.15) is 31.1 Å². The van der Waals surface area contributed by atoms with E-state index < -0.39 is 10.5 Å². The van der Waals surface area contributed by atoms with E-state index in [1.807, 2.05) is 20.8 Å². The largest absolute Gasteiger partial charge is 0.346 e. The highest BCUT2D eigenvalue weighted by molar-refractivity contribution is 9.09. The third-order valence-electron chi connectivity index (χ3n) is 2.75. The molecular weight excluding hydrogens is 300 g/mol. The van der Waals surface area contributed by atoms with Crippen molar-refractivity contribution in [2.24, 2.45) is 0 Å². The van der Waals surface area contributed by atoms with Crippen molar-refractivity contribution in [2.45, 2.75) is 31.1 Å². The van der Waals surface area contributed by atoms with Crippen LogP contribution in [0.15, 0.2) is 24.3 Å². The molecule has 5 nitrogen and oxygen atoms in total. The highest BCUT2D eigenvalue weighted by Crippen LogP contribution is 2.18. The third kappa shape index (κ3) is 3.53. The van der Waals surface area contributed by atoms with E-state index in [0.29, 0.717) is 0 Å². The molecule has 0 fully saturated rings. The minimum atomic E-state index is -0.519. The van der Waals surface area contributed by atoms with Crippen molar-refractivity contribution in [3.05, 3.63) is 39.9 Å². The summed E-state index contributed by atoms with van der Waals surface area (Å²) in [5.74, 6) is -0.324. The summed E-state index contributed by atoms with van der Waals surface area (Å²) in [6, 6.07) is 5.67. The number of nitrogens with zero attached hydrogens (tertiary/aromatic N) is 1. The van der Waals surface area contributed by atoms with Gasteiger partial charge in [0.15, 0.2) is 0 Å². The second kappa shape index (κ2) is 5.48. The van der Waals surface area contributed by atoms with Crippen molar-refractivity contribution in [1.82, 2.24) is 5.32 Å². The first kappa shape index (κ1) is 14.6. The van der Waals surface area contributed by atoms with E-state index in [1.54, 1.807) is 6.07 Å². The Balaban J connectivity index is 2.92. The smallest absolute Gasteiger partial charge is 0.270 e. The Kier molecular flexibility index (Phi) is 4.45. The lowest BCUT2D eigenvalue weighted by atomic mass is 10.0. The van der Waals surface area contributed by atoms with Gasteiger partial charge in [-0.3, -0.25) is 14.9 Å². The van der Waals surface area contributed by atoms with Crippen LogP contribution in [-0.2, 0) is 0 Å². The van der Waals surface area contributed by atoms with E-state index in [0.717, 1.165) is 0 Å². The van der Waals surface area contributed by atoms with Gasteiger partial charge in [-0.1, -0.05) is 28.9 Å². The van der Waals surface area contributed by atoms with Gasteiger partial charge in [0.2, 0.25) is 0 Å². The van der Waals surface area contributed by atoms with E-state index in [9.17, 15) is 14.9 Å². The number of amides is 1. The number of carbonyl (C=O) groups is 1. The van der Waals surface area contributed by atoms with Crippen LogP contribution >= 0.6 is 15.9 Å². The Morgan fingerprint density at radius 2 is 2.11 bits per heavy atom. The fourth-order valence-electron chi connectivity index (χ4n) is 1.22. The Hall–Kier alpha value is -1.43. The predicted octanol–water partition coefficient (Wildman–Crippen LogP) is 2.89. The van der Waals surface area contributed by atoms with Gasteiger partial charge in [0, 0.05) is 28.1 Å². The van der Waals surface area contributed by atoms with Gasteiger partial charge in [-0.15, -0.1) is 0 Å². The molecule has 1 aromatic carbocycles. The van der Waals surface area contributed by atoms with Gasteiger partial charge in [0.1, 0.15) is 0 Å².